The van der Waals surface area contributed by atoms with Crippen LogP contribution in [0.4, 0.5) is 0 Å². The molecule has 0 fully saturated rings. The van der Waals surface area contributed by atoms with Gasteiger partial charge in [0.05, 0.1) is 0 Å². The number of rotatable bonds is 1. The molecule has 0 saturated heterocycles. The summed E-state index contributed by atoms with van der Waals surface area (Å²) in [5, 5.41) is 0. The molecule has 54 valence electrons. The molecule has 0 aromatic rings. The third-order valence-corrected chi connectivity index (χ3v) is 3.40. The Morgan fingerprint density at radius 2 is 1.40 bits per heavy atom. The molecule has 0 aliphatic carbocycles. The Labute approximate surface area is 119 Å². The SMILES string of the molecule is O.O=S(=O)([O-])C(Br)Br.[Hg].[Na+]. The first kappa shape index (κ1) is 23.0. The van der Waals surface area contributed by atoms with Gasteiger partial charge in [-0.3, -0.25) is 0 Å². The first-order valence-electron chi connectivity index (χ1n) is 1.17. The van der Waals surface area contributed by atoms with Gasteiger partial charge in [0.25, 0.3) is 0 Å². The molecule has 4 nitrogen and oxygen atoms in total. The second kappa shape index (κ2) is 9.85. The number of alkyl halides is 2. The van der Waals surface area contributed by atoms with Crippen molar-refractivity contribution in [2.45, 2.75) is 3.07 Å². The average molecular weight is 494 g/mol. The predicted octanol–water partition coefficient (Wildman–Crippen LogP) is -3.22. The molecule has 0 saturated carbocycles. The number of hydrogen-bond donors (Lipinski definition) is 0. The molecule has 0 amide bonds. The molecule has 0 bridgehead atoms. The molecule has 0 aliphatic rings. The van der Waals surface area contributed by atoms with Crippen LogP contribution in [0.5, 0.6) is 0 Å². The zero-order valence-electron chi connectivity index (χ0n) is 5.17. The molecule has 0 radical (unpaired) electrons. The van der Waals surface area contributed by atoms with E-state index < -0.39 is 13.2 Å². The normalized spacial score (nSPS) is 8.80. The van der Waals surface area contributed by atoms with Gasteiger partial charge in [0, 0.05) is 27.7 Å². The number of halogens is 2. The fraction of sp³-hybridized carbons (Fsp3) is 1.00. The van der Waals surface area contributed by atoms with Gasteiger partial charge in [-0.25, -0.2) is 8.42 Å². The Balaban J connectivity index is -0.0000000600. The number of hydrogen-bond acceptors (Lipinski definition) is 3. The van der Waals surface area contributed by atoms with Crippen LogP contribution in [-0.4, -0.2) is 21.5 Å². The van der Waals surface area contributed by atoms with Crippen molar-refractivity contribution in [3.63, 3.8) is 0 Å². The third-order valence-electron chi connectivity index (χ3n) is 0.218. The van der Waals surface area contributed by atoms with Crippen LogP contribution in [0.15, 0.2) is 0 Å². The van der Waals surface area contributed by atoms with Gasteiger partial charge >= 0.3 is 29.6 Å². The van der Waals surface area contributed by atoms with Crippen molar-refractivity contribution in [1.82, 2.24) is 0 Å². The molecule has 0 spiro atoms. The second-order valence-electron chi connectivity index (χ2n) is 0.753. The molecule has 0 unspecified atom stereocenters. The largest absolute Gasteiger partial charge is 1.00 e. The molecular weight excluding hydrogens is 491 g/mol. The third kappa shape index (κ3) is 13.4. The van der Waals surface area contributed by atoms with Gasteiger partial charge < -0.3 is 10.0 Å². The van der Waals surface area contributed by atoms with Gasteiger partial charge in [-0.05, 0) is 0 Å². The van der Waals surface area contributed by atoms with E-state index in [1.54, 1.807) is 0 Å². The van der Waals surface area contributed by atoms with Crippen LogP contribution < -0.4 is 29.6 Å². The molecule has 0 aliphatic heterocycles. The van der Waals surface area contributed by atoms with Gasteiger partial charge in [-0.2, -0.15) is 0 Å². The molecule has 0 atom stereocenters. The van der Waals surface area contributed by atoms with Gasteiger partial charge in [0.2, 0.25) is 0 Å². The monoisotopic (exact) mass is 494 g/mol. The summed E-state index contributed by atoms with van der Waals surface area (Å²) >= 11 is 5.02. The van der Waals surface area contributed by atoms with Gasteiger partial charge in [0.15, 0.2) is 3.07 Å². The molecule has 0 rings (SSSR count). The molecule has 0 heterocycles. The van der Waals surface area contributed by atoms with Crippen molar-refractivity contribution in [3.8, 4) is 0 Å². The fourth-order valence-corrected chi connectivity index (χ4v) is 0. The first-order valence-corrected chi connectivity index (χ1v) is 4.47. The Bertz CT molecular complexity index is 145. The van der Waals surface area contributed by atoms with Gasteiger partial charge in [-0.15, -0.1) is 0 Å². The van der Waals surface area contributed by atoms with Crippen LogP contribution in [0.2, 0.25) is 0 Å². The maximum Gasteiger partial charge on any atom is 1.00 e. The summed E-state index contributed by atoms with van der Waals surface area (Å²) in [5.41, 5.74) is 0. The first-order chi connectivity index (χ1) is 2.94. The van der Waals surface area contributed by atoms with Gasteiger partial charge in [0.1, 0.15) is 10.1 Å². The van der Waals surface area contributed by atoms with E-state index in [2.05, 4.69) is 31.9 Å². The molecular formula is CH3Br2HgNaO4S. The maximum absolute atomic E-state index is 9.68. The van der Waals surface area contributed by atoms with Crippen molar-refractivity contribution in [1.29, 1.82) is 0 Å². The van der Waals surface area contributed by atoms with Crippen LogP contribution in [0.25, 0.3) is 0 Å². The van der Waals surface area contributed by atoms with Crippen molar-refractivity contribution in [2.24, 2.45) is 0 Å². The smallest absolute Gasteiger partial charge is 0.746 e. The van der Waals surface area contributed by atoms with Crippen molar-refractivity contribution in [2.75, 3.05) is 0 Å². The Morgan fingerprint density at radius 1 is 1.30 bits per heavy atom. The van der Waals surface area contributed by atoms with E-state index in [0.717, 1.165) is 0 Å². The average Bonchev–Trinajstić information content (AvgIpc) is 1.31. The fourth-order valence-electron chi connectivity index (χ4n) is 0. The Kier molecular flexibility index (Phi) is 22.7. The summed E-state index contributed by atoms with van der Waals surface area (Å²) in [4.78, 5) is 0. The van der Waals surface area contributed by atoms with E-state index in [0.29, 0.717) is 0 Å². The van der Waals surface area contributed by atoms with Crippen molar-refractivity contribution < 1.29 is 75.7 Å². The molecule has 10 heavy (non-hydrogen) atoms. The van der Waals surface area contributed by atoms with E-state index in [1.807, 2.05) is 0 Å². The summed E-state index contributed by atoms with van der Waals surface area (Å²) in [7, 11) is -4.16. The van der Waals surface area contributed by atoms with Crippen LogP contribution in [0.1, 0.15) is 0 Å². The van der Waals surface area contributed by atoms with Crippen LogP contribution in [-0.2, 0) is 37.8 Å². The quantitative estimate of drug-likeness (QED) is 0.218. The zero-order valence-corrected chi connectivity index (χ0v) is 16.7. The van der Waals surface area contributed by atoms with Gasteiger partial charge in [-0.1, -0.05) is 31.9 Å². The molecule has 0 aromatic carbocycles. The maximum atomic E-state index is 9.68. The van der Waals surface area contributed by atoms with E-state index >= 15 is 0 Å². The summed E-state index contributed by atoms with van der Waals surface area (Å²) in [5.74, 6) is 0. The van der Waals surface area contributed by atoms with Crippen molar-refractivity contribution >= 4 is 42.0 Å². The standard InChI is InChI=1S/CH2Br2O3S.Hg.Na.H2O/c2-1(3)7(4,5)6;;;/h1H,(H,4,5,6);;;1H2/q;;+1;/p-1. The predicted molar refractivity (Wildman–Crippen MR) is 35.0 cm³/mol. The molecule has 0 aromatic heterocycles. The molecule has 9 heteroatoms. The topological polar surface area (TPSA) is 88.7 Å². The summed E-state index contributed by atoms with van der Waals surface area (Å²) in [6.45, 7) is 0. The minimum absolute atomic E-state index is 0. The molecule has 2 N–H and O–H groups in total. The van der Waals surface area contributed by atoms with E-state index in [1.165, 1.54) is 0 Å². The van der Waals surface area contributed by atoms with Crippen LogP contribution in [0, 0.1) is 0 Å². The summed E-state index contributed by atoms with van der Waals surface area (Å²) in [6.07, 6.45) is 0. The van der Waals surface area contributed by atoms with Crippen LogP contribution >= 0.6 is 31.9 Å². The van der Waals surface area contributed by atoms with E-state index in [-0.39, 0.29) is 62.7 Å². The minimum Gasteiger partial charge on any atom is -0.746 e. The van der Waals surface area contributed by atoms with Crippen LogP contribution in [0.3, 0.4) is 0 Å². The Morgan fingerprint density at radius 3 is 1.40 bits per heavy atom. The van der Waals surface area contributed by atoms with Crippen molar-refractivity contribution in [3.05, 3.63) is 0 Å². The summed E-state index contributed by atoms with van der Waals surface area (Å²) in [6, 6.07) is 0. The Hall–Kier alpha value is 2.77. The second-order valence-corrected chi connectivity index (χ2v) is 6.48. The summed E-state index contributed by atoms with van der Waals surface area (Å²) < 4.78 is 27.9. The minimum atomic E-state index is -4.16. The zero-order chi connectivity index (χ0) is 6.08. The van der Waals surface area contributed by atoms with E-state index in [9.17, 15) is 13.0 Å². The van der Waals surface area contributed by atoms with E-state index in [4.69, 9.17) is 0 Å².